The highest BCUT2D eigenvalue weighted by Crippen LogP contribution is 2.14. The van der Waals surface area contributed by atoms with Crippen molar-refractivity contribution in [3.8, 4) is 0 Å². The molecular formula is C13H17FN2O3. The van der Waals surface area contributed by atoms with Crippen LogP contribution in [0, 0.1) is 5.82 Å². The van der Waals surface area contributed by atoms with Gasteiger partial charge in [-0.15, -0.1) is 0 Å². The molecule has 0 bridgehead atoms. The molecule has 0 atom stereocenters. The van der Waals surface area contributed by atoms with Crippen LogP contribution in [0.15, 0.2) is 24.3 Å². The van der Waals surface area contributed by atoms with Crippen LogP contribution in [-0.4, -0.2) is 34.6 Å². The molecule has 0 aliphatic carbocycles. The number of carboxylic acids is 1. The van der Waals surface area contributed by atoms with E-state index in [1.54, 1.807) is 19.9 Å². The first-order valence-electron chi connectivity index (χ1n) is 5.95. The topological polar surface area (TPSA) is 69.6 Å². The Kier molecular flexibility index (Phi) is 5.29. The van der Waals surface area contributed by atoms with Crippen molar-refractivity contribution in [3.63, 3.8) is 0 Å². The summed E-state index contributed by atoms with van der Waals surface area (Å²) in [5.74, 6) is -1.51. The smallest absolute Gasteiger partial charge is 0.322 e. The minimum Gasteiger partial charge on any atom is -0.481 e. The van der Waals surface area contributed by atoms with E-state index in [9.17, 15) is 14.0 Å². The van der Waals surface area contributed by atoms with Crippen LogP contribution in [0.4, 0.5) is 14.9 Å². The third-order valence-corrected chi connectivity index (χ3v) is 2.57. The molecule has 2 amide bonds. The molecule has 104 valence electrons. The highest BCUT2D eigenvalue weighted by atomic mass is 19.1. The SMILES string of the molecule is CC(C)N(CCC(=O)O)C(=O)Nc1ccccc1F. The number of urea groups is 1. The second-order valence-electron chi connectivity index (χ2n) is 4.34. The Labute approximate surface area is 111 Å². The maximum Gasteiger partial charge on any atom is 0.322 e. The lowest BCUT2D eigenvalue weighted by Gasteiger charge is -2.26. The summed E-state index contributed by atoms with van der Waals surface area (Å²) in [6.07, 6.45) is -0.150. The Hall–Kier alpha value is -2.11. The van der Waals surface area contributed by atoms with E-state index in [1.165, 1.54) is 23.1 Å². The van der Waals surface area contributed by atoms with Crippen LogP contribution in [-0.2, 0) is 4.79 Å². The zero-order valence-electron chi connectivity index (χ0n) is 10.9. The van der Waals surface area contributed by atoms with Crippen molar-refractivity contribution in [1.29, 1.82) is 0 Å². The van der Waals surface area contributed by atoms with Gasteiger partial charge in [0.15, 0.2) is 0 Å². The molecule has 0 spiro atoms. The molecule has 0 radical (unpaired) electrons. The maximum atomic E-state index is 13.4. The zero-order chi connectivity index (χ0) is 14.4. The molecule has 2 N–H and O–H groups in total. The van der Waals surface area contributed by atoms with E-state index in [2.05, 4.69) is 5.32 Å². The first-order valence-corrected chi connectivity index (χ1v) is 5.95. The summed E-state index contributed by atoms with van der Waals surface area (Å²) in [7, 11) is 0. The van der Waals surface area contributed by atoms with Crippen molar-refractivity contribution in [2.45, 2.75) is 26.3 Å². The molecule has 0 aliphatic heterocycles. The predicted molar refractivity (Wildman–Crippen MR) is 69.5 cm³/mol. The summed E-state index contributed by atoms with van der Waals surface area (Å²) in [5.41, 5.74) is 0.0773. The molecule has 0 saturated carbocycles. The van der Waals surface area contributed by atoms with Crippen LogP contribution in [0.25, 0.3) is 0 Å². The molecule has 5 nitrogen and oxygen atoms in total. The average Bonchev–Trinajstić information content (AvgIpc) is 2.31. The van der Waals surface area contributed by atoms with E-state index >= 15 is 0 Å². The molecule has 1 aromatic rings. The lowest BCUT2D eigenvalue weighted by atomic mass is 10.3. The van der Waals surface area contributed by atoms with Gasteiger partial charge in [-0.2, -0.15) is 0 Å². The molecule has 1 aromatic carbocycles. The molecule has 0 saturated heterocycles. The molecule has 0 unspecified atom stereocenters. The Bertz CT molecular complexity index is 463. The summed E-state index contributed by atoms with van der Waals surface area (Å²) in [6, 6.07) is 5.13. The number of halogens is 1. The number of hydrogen-bond acceptors (Lipinski definition) is 2. The molecule has 0 aromatic heterocycles. The van der Waals surface area contributed by atoms with Gasteiger partial charge in [-0.25, -0.2) is 9.18 Å². The fraction of sp³-hybridized carbons (Fsp3) is 0.385. The van der Waals surface area contributed by atoms with E-state index in [0.717, 1.165) is 0 Å². The van der Waals surface area contributed by atoms with E-state index in [4.69, 9.17) is 5.11 Å². The van der Waals surface area contributed by atoms with Gasteiger partial charge in [0.05, 0.1) is 12.1 Å². The third-order valence-electron chi connectivity index (χ3n) is 2.57. The van der Waals surface area contributed by atoms with Crippen molar-refractivity contribution in [2.75, 3.05) is 11.9 Å². The number of rotatable bonds is 5. The highest BCUT2D eigenvalue weighted by Gasteiger charge is 2.18. The average molecular weight is 268 g/mol. The van der Waals surface area contributed by atoms with Gasteiger partial charge in [-0.05, 0) is 26.0 Å². The molecule has 0 fully saturated rings. The van der Waals surface area contributed by atoms with Crippen molar-refractivity contribution >= 4 is 17.7 Å². The van der Waals surface area contributed by atoms with Crippen LogP contribution in [0.1, 0.15) is 20.3 Å². The number of amides is 2. The minimum atomic E-state index is -0.982. The summed E-state index contributed by atoms with van der Waals surface area (Å²) in [4.78, 5) is 23.9. The third kappa shape index (κ3) is 4.57. The summed E-state index contributed by atoms with van der Waals surface area (Å²) in [5, 5.41) is 11.1. The van der Waals surface area contributed by atoms with Crippen LogP contribution >= 0.6 is 0 Å². The van der Waals surface area contributed by atoms with Crippen molar-refractivity contribution < 1.29 is 19.1 Å². The lowest BCUT2D eigenvalue weighted by Crippen LogP contribution is -2.41. The largest absolute Gasteiger partial charge is 0.481 e. The Morgan fingerprint density at radius 3 is 2.53 bits per heavy atom. The fourth-order valence-corrected chi connectivity index (χ4v) is 1.56. The van der Waals surface area contributed by atoms with Gasteiger partial charge >= 0.3 is 12.0 Å². The second kappa shape index (κ2) is 6.72. The maximum absolute atomic E-state index is 13.4. The van der Waals surface area contributed by atoms with Gasteiger partial charge in [0.1, 0.15) is 5.82 Å². The van der Waals surface area contributed by atoms with Crippen LogP contribution in [0.3, 0.4) is 0 Å². The number of anilines is 1. The molecular weight excluding hydrogens is 251 g/mol. The van der Waals surface area contributed by atoms with Gasteiger partial charge < -0.3 is 15.3 Å². The Morgan fingerprint density at radius 1 is 1.37 bits per heavy atom. The van der Waals surface area contributed by atoms with Crippen molar-refractivity contribution in [2.24, 2.45) is 0 Å². The second-order valence-corrected chi connectivity index (χ2v) is 4.34. The molecule has 19 heavy (non-hydrogen) atoms. The zero-order valence-corrected chi connectivity index (χ0v) is 10.9. The van der Waals surface area contributed by atoms with Gasteiger partial charge in [0, 0.05) is 12.6 Å². The number of nitrogens with one attached hydrogen (secondary N) is 1. The van der Waals surface area contributed by atoms with Crippen LogP contribution in [0.5, 0.6) is 0 Å². The first-order chi connectivity index (χ1) is 8.91. The molecule has 6 heteroatoms. The first kappa shape index (κ1) is 14.9. The minimum absolute atomic E-state index is 0.0767. The summed E-state index contributed by atoms with van der Waals surface area (Å²) >= 11 is 0. The number of hydrogen-bond donors (Lipinski definition) is 2. The highest BCUT2D eigenvalue weighted by molar-refractivity contribution is 5.89. The molecule has 0 heterocycles. The van der Waals surface area contributed by atoms with Crippen molar-refractivity contribution in [3.05, 3.63) is 30.1 Å². The number of para-hydroxylation sites is 1. The normalized spacial score (nSPS) is 10.3. The number of benzene rings is 1. The van der Waals surface area contributed by atoms with E-state index in [-0.39, 0.29) is 24.7 Å². The summed E-state index contributed by atoms with van der Waals surface area (Å²) < 4.78 is 13.4. The van der Waals surface area contributed by atoms with Gasteiger partial charge in [-0.3, -0.25) is 4.79 Å². The van der Waals surface area contributed by atoms with Gasteiger partial charge in [0.2, 0.25) is 0 Å². The van der Waals surface area contributed by atoms with Crippen LogP contribution in [0.2, 0.25) is 0 Å². The van der Waals surface area contributed by atoms with E-state index in [1.807, 2.05) is 0 Å². The predicted octanol–water partition coefficient (Wildman–Crippen LogP) is 2.54. The Morgan fingerprint density at radius 2 is 2.00 bits per heavy atom. The Balaban J connectivity index is 2.72. The number of aliphatic carboxylic acids is 1. The lowest BCUT2D eigenvalue weighted by molar-refractivity contribution is -0.137. The monoisotopic (exact) mass is 268 g/mol. The summed E-state index contributed by atoms with van der Waals surface area (Å²) in [6.45, 7) is 3.61. The standard InChI is InChI=1S/C13H17FN2O3/c1-9(2)16(8-7-12(17)18)13(19)15-11-6-4-3-5-10(11)14/h3-6,9H,7-8H2,1-2H3,(H,15,19)(H,17,18). The van der Waals surface area contributed by atoms with E-state index < -0.39 is 17.8 Å². The number of carbonyl (C=O) groups excluding carboxylic acids is 1. The number of nitrogens with zero attached hydrogens (tertiary/aromatic N) is 1. The van der Waals surface area contributed by atoms with Crippen LogP contribution < -0.4 is 5.32 Å². The molecule has 1 rings (SSSR count). The number of carbonyl (C=O) groups is 2. The van der Waals surface area contributed by atoms with Gasteiger partial charge in [0.25, 0.3) is 0 Å². The van der Waals surface area contributed by atoms with Crippen molar-refractivity contribution in [1.82, 2.24) is 4.90 Å². The fourth-order valence-electron chi connectivity index (χ4n) is 1.56. The quantitative estimate of drug-likeness (QED) is 0.862. The van der Waals surface area contributed by atoms with Gasteiger partial charge in [-0.1, -0.05) is 12.1 Å². The molecule has 0 aliphatic rings. The van der Waals surface area contributed by atoms with E-state index in [0.29, 0.717) is 0 Å². The number of carboxylic acid groups (broad SMARTS) is 1.